The minimum Gasteiger partial charge on any atom is -0.487 e. The van der Waals surface area contributed by atoms with Gasteiger partial charge in [-0.1, -0.05) is 0 Å². The highest BCUT2D eigenvalue weighted by atomic mass is 16.5. The van der Waals surface area contributed by atoms with Crippen molar-refractivity contribution in [2.45, 2.75) is 6.61 Å². The third-order valence-electron chi connectivity index (χ3n) is 2.11. The maximum absolute atomic E-state index is 10.7. The number of aromatic nitrogens is 2. The average molecular weight is 230 g/mol. The van der Waals surface area contributed by atoms with Crippen LogP contribution in [0.2, 0.25) is 0 Å². The molecule has 0 saturated heterocycles. The van der Waals surface area contributed by atoms with Gasteiger partial charge in [-0.15, -0.1) is 0 Å². The zero-order chi connectivity index (χ0) is 12.1. The summed E-state index contributed by atoms with van der Waals surface area (Å²) in [6, 6.07) is 5.10. The molecule has 0 atom stereocenters. The Balaban J connectivity index is 2.04. The molecule has 5 nitrogen and oxygen atoms in total. The highest BCUT2D eigenvalue weighted by Gasteiger charge is 2.04. The van der Waals surface area contributed by atoms with E-state index in [0.29, 0.717) is 12.4 Å². The first kappa shape index (κ1) is 11.1. The van der Waals surface area contributed by atoms with E-state index in [9.17, 15) is 4.79 Å². The molecule has 0 bridgehead atoms. The van der Waals surface area contributed by atoms with Crippen molar-refractivity contribution in [1.29, 1.82) is 0 Å². The minimum atomic E-state index is -1.02. The molecule has 0 aliphatic rings. The lowest BCUT2D eigenvalue weighted by molar-refractivity contribution is 0.0696. The van der Waals surface area contributed by atoms with Crippen molar-refractivity contribution < 1.29 is 14.6 Å². The Kier molecular flexibility index (Phi) is 3.30. The van der Waals surface area contributed by atoms with Crippen LogP contribution in [0.1, 0.15) is 15.9 Å². The number of carboxylic acids is 1. The topological polar surface area (TPSA) is 72.3 Å². The molecule has 0 radical (unpaired) electrons. The van der Waals surface area contributed by atoms with Gasteiger partial charge in [0.05, 0.1) is 11.8 Å². The van der Waals surface area contributed by atoms with Crippen LogP contribution >= 0.6 is 0 Å². The summed E-state index contributed by atoms with van der Waals surface area (Å²) in [5, 5.41) is 8.79. The molecule has 0 amide bonds. The van der Waals surface area contributed by atoms with Crippen molar-refractivity contribution in [3.63, 3.8) is 0 Å². The highest BCUT2D eigenvalue weighted by molar-refractivity contribution is 5.87. The summed E-state index contributed by atoms with van der Waals surface area (Å²) in [5.41, 5.74) is 1.07. The molecule has 0 saturated carbocycles. The van der Waals surface area contributed by atoms with Gasteiger partial charge in [0.15, 0.2) is 0 Å². The third-order valence-corrected chi connectivity index (χ3v) is 2.11. The standard InChI is InChI=1S/C12H10N2O3/c15-12(16)10-5-11(7-14-6-10)17-8-9-1-3-13-4-2-9/h1-7H,8H2,(H,15,16). The van der Waals surface area contributed by atoms with E-state index < -0.39 is 5.97 Å². The molecule has 0 aliphatic heterocycles. The van der Waals surface area contributed by atoms with Gasteiger partial charge >= 0.3 is 5.97 Å². The summed E-state index contributed by atoms with van der Waals surface area (Å²) in [5.74, 6) is -0.589. The van der Waals surface area contributed by atoms with Gasteiger partial charge in [0.1, 0.15) is 12.4 Å². The molecule has 0 aliphatic carbocycles. The molecule has 86 valence electrons. The first-order valence-electron chi connectivity index (χ1n) is 4.96. The fraction of sp³-hybridized carbons (Fsp3) is 0.0833. The van der Waals surface area contributed by atoms with E-state index in [-0.39, 0.29) is 5.56 Å². The minimum absolute atomic E-state index is 0.109. The van der Waals surface area contributed by atoms with E-state index >= 15 is 0 Å². The van der Waals surface area contributed by atoms with E-state index in [1.54, 1.807) is 12.4 Å². The fourth-order valence-corrected chi connectivity index (χ4v) is 1.26. The molecule has 1 N–H and O–H groups in total. The van der Waals surface area contributed by atoms with Crippen LogP contribution in [-0.4, -0.2) is 21.0 Å². The number of pyridine rings is 2. The van der Waals surface area contributed by atoms with Crippen molar-refractivity contribution in [2.24, 2.45) is 0 Å². The molecule has 17 heavy (non-hydrogen) atoms. The Morgan fingerprint density at radius 2 is 2.00 bits per heavy atom. The lowest BCUT2D eigenvalue weighted by Crippen LogP contribution is -2.00. The molecule has 2 heterocycles. The van der Waals surface area contributed by atoms with Gasteiger partial charge in [-0.2, -0.15) is 0 Å². The van der Waals surface area contributed by atoms with Crippen molar-refractivity contribution in [2.75, 3.05) is 0 Å². The summed E-state index contributed by atoms with van der Waals surface area (Å²) in [6.45, 7) is 0.354. The second-order valence-corrected chi connectivity index (χ2v) is 3.36. The number of hydrogen-bond acceptors (Lipinski definition) is 4. The summed E-state index contributed by atoms with van der Waals surface area (Å²) in [6.07, 6.45) is 6.10. The van der Waals surface area contributed by atoms with Crippen LogP contribution in [0.4, 0.5) is 0 Å². The van der Waals surface area contributed by atoms with Gasteiger partial charge in [0, 0.05) is 18.6 Å². The largest absolute Gasteiger partial charge is 0.487 e. The van der Waals surface area contributed by atoms with E-state index in [0.717, 1.165) is 5.56 Å². The number of hydrogen-bond donors (Lipinski definition) is 1. The molecule has 2 rings (SSSR count). The van der Waals surface area contributed by atoms with E-state index in [1.807, 2.05) is 12.1 Å². The van der Waals surface area contributed by atoms with Gasteiger partial charge in [-0.25, -0.2) is 4.79 Å². The van der Waals surface area contributed by atoms with Crippen LogP contribution < -0.4 is 4.74 Å². The maximum atomic E-state index is 10.7. The van der Waals surface area contributed by atoms with Gasteiger partial charge in [-0.3, -0.25) is 9.97 Å². The van der Waals surface area contributed by atoms with Gasteiger partial charge < -0.3 is 9.84 Å². The number of carbonyl (C=O) groups is 1. The van der Waals surface area contributed by atoms with E-state index in [2.05, 4.69) is 9.97 Å². The first-order chi connectivity index (χ1) is 8.25. The van der Waals surface area contributed by atoms with Crippen molar-refractivity contribution >= 4 is 5.97 Å². The molecule has 0 fully saturated rings. The van der Waals surface area contributed by atoms with Crippen molar-refractivity contribution in [1.82, 2.24) is 9.97 Å². The first-order valence-corrected chi connectivity index (χ1v) is 4.96. The zero-order valence-electron chi connectivity index (χ0n) is 8.91. The fourth-order valence-electron chi connectivity index (χ4n) is 1.26. The average Bonchev–Trinajstić information content (AvgIpc) is 2.38. The highest BCUT2D eigenvalue weighted by Crippen LogP contribution is 2.13. The summed E-state index contributed by atoms with van der Waals surface area (Å²) < 4.78 is 5.43. The van der Waals surface area contributed by atoms with Crippen LogP contribution in [0.15, 0.2) is 43.0 Å². The molecular weight excluding hydrogens is 220 g/mol. The Hall–Kier alpha value is -2.43. The normalized spacial score (nSPS) is 9.88. The Labute approximate surface area is 97.7 Å². The SMILES string of the molecule is O=C(O)c1cncc(OCc2ccncc2)c1. The predicted molar refractivity (Wildman–Crippen MR) is 59.8 cm³/mol. The van der Waals surface area contributed by atoms with Crippen LogP contribution in [-0.2, 0) is 6.61 Å². The zero-order valence-corrected chi connectivity index (χ0v) is 8.91. The van der Waals surface area contributed by atoms with E-state index in [4.69, 9.17) is 9.84 Å². The van der Waals surface area contributed by atoms with Crippen molar-refractivity contribution in [3.05, 3.63) is 54.1 Å². The quantitative estimate of drug-likeness (QED) is 0.866. The molecule has 0 spiro atoms. The molecule has 0 aromatic carbocycles. The van der Waals surface area contributed by atoms with Crippen LogP contribution in [0, 0.1) is 0 Å². The summed E-state index contributed by atoms with van der Waals surface area (Å²) in [4.78, 5) is 18.4. The molecular formula is C12H10N2O3. The van der Waals surface area contributed by atoms with Gasteiger partial charge in [0.25, 0.3) is 0 Å². The molecule has 5 heteroatoms. The number of rotatable bonds is 4. The second kappa shape index (κ2) is 5.07. The Morgan fingerprint density at radius 1 is 1.24 bits per heavy atom. The molecule has 2 aromatic rings. The van der Waals surface area contributed by atoms with Crippen LogP contribution in [0.25, 0.3) is 0 Å². The number of nitrogens with zero attached hydrogens (tertiary/aromatic N) is 2. The van der Waals surface area contributed by atoms with Crippen molar-refractivity contribution in [3.8, 4) is 5.75 Å². The number of carboxylic acid groups (broad SMARTS) is 1. The third kappa shape index (κ3) is 3.01. The Morgan fingerprint density at radius 3 is 2.71 bits per heavy atom. The van der Waals surface area contributed by atoms with Gasteiger partial charge in [-0.05, 0) is 23.8 Å². The lowest BCUT2D eigenvalue weighted by Gasteiger charge is -2.05. The predicted octanol–water partition coefficient (Wildman–Crippen LogP) is 1.75. The van der Waals surface area contributed by atoms with E-state index in [1.165, 1.54) is 18.5 Å². The Bertz CT molecular complexity index is 514. The number of ether oxygens (including phenoxy) is 1. The molecule has 0 unspecified atom stereocenters. The lowest BCUT2D eigenvalue weighted by atomic mass is 10.3. The second-order valence-electron chi connectivity index (χ2n) is 3.36. The number of aromatic carboxylic acids is 1. The summed E-state index contributed by atoms with van der Waals surface area (Å²) >= 11 is 0. The smallest absolute Gasteiger partial charge is 0.337 e. The molecule has 2 aromatic heterocycles. The van der Waals surface area contributed by atoms with Crippen LogP contribution in [0.5, 0.6) is 5.75 Å². The monoisotopic (exact) mass is 230 g/mol. The maximum Gasteiger partial charge on any atom is 0.337 e. The van der Waals surface area contributed by atoms with Crippen LogP contribution in [0.3, 0.4) is 0 Å². The summed E-state index contributed by atoms with van der Waals surface area (Å²) in [7, 11) is 0. The van der Waals surface area contributed by atoms with Gasteiger partial charge in [0.2, 0.25) is 0 Å².